The number of nitro groups is 1. The minimum atomic E-state index is -0.357. The van der Waals surface area contributed by atoms with Gasteiger partial charge in [0.2, 0.25) is 0 Å². The molecule has 0 heterocycles. The number of benzene rings is 2. The summed E-state index contributed by atoms with van der Waals surface area (Å²) in [5.41, 5.74) is 4.16. The number of hydrogen-bond acceptors (Lipinski definition) is 3. The summed E-state index contributed by atoms with van der Waals surface area (Å²) in [4.78, 5) is 10.6. The highest BCUT2D eigenvalue weighted by Gasteiger charge is 2.13. The monoisotopic (exact) mass is 334 g/mol. The van der Waals surface area contributed by atoms with Crippen LogP contribution in [0.1, 0.15) is 16.7 Å². The number of rotatable bonds is 4. The Morgan fingerprint density at radius 1 is 1.15 bits per heavy atom. The number of hydrogen-bond donors (Lipinski definition) is 1. The van der Waals surface area contributed by atoms with Crippen molar-refractivity contribution in [2.45, 2.75) is 20.4 Å². The van der Waals surface area contributed by atoms with Crippen molar-refractivity contribution in [3.05, 3.63) is 67.7 Å². The first-order valence-electron chi connectivity index (χ1n) is 6.21. The van der Waals surface area contributed by atoms with Crippen LogP contribution >= 0.6 is 15.9 Å². The van der Waals surface area contributed by atoms with Gasteiger partial charge in [0.1, 0.15) is 0 Å². The summed E-state index contributed by atoms with van der Waals surface area (Å²) in [5.74, 6) is 0. The number of nitrogens with zero attached hydrogens (tertiary/aromatic N) is 1. The molecule has 0 amide bonds. The fourth-order valence-electron chi connectivity index (χ4n) is 1.92. The standard InChI is InChI=1S/C15H15BrN2O2/c1-10-3-5-14(7-11(10)2)17-9-12-8-13(16)4-6-15(12)18(19)20/h3-8,17H,9H2,1-2H3. The molecule has 0 aliphatic carbocycles. The number of nitro benzene ring substituents is 1. The molecule has 0 aliphatic heterocycles. The average molecular weight is 335 g/mol. The summed E-state index contributed by atoms with van der Waals surface area (Å²) < 4.78 is 0.833. The van der Waals surface area contributed by atoms with Crippen molar-refractivity contribution >= 4 is 27.3 Å². The first kappa shape index (κ1) is 14.5. The van der Waals surface area contributed by atoms with Gasteiger partial charge in [0.05, 0.1) is 4.92 Å². The molecule has 0 saturated heterocycles. The van der Waals surface area contributed by atoms with Crippen LogP contribution in [0.25, 0.3) is 0 Å². The molecule has 4 nitrogen and oxygen atoms in total. The molecule has 0 spiro atoms. The van der Waals surface area contributed by atoms with E-state index in [9.17, 15) is 10.1 Å². The fourth-order valence-corrected chi connectivity index (χ4v) is 2.33. The summed E-state index contributed by atoms with van der Waals surface area (Å²) in [5, 5.41) is 14.2. The highest BCUT2D eigenvalue weighted by atomic mass is 79.9. The smallest absolute Gasteiger partial charge is 0.274 e. The van der Waals surface area contributed by atoms with E-state index in [1.165, 1.54) is 17.2 Å². The van der Waals surface area contributed by atoms with E-state index in [2.05, 4.69) is 28.2 Å². The van der Waals surface area contributed by atoms with Crippen molar-refractivity contribution in [2.24, 2.45) is 0 Å². The van der Waals surface area contributed by atoms with Crippen LogP contribution in [0.5, 0.6) is 0 Å². The van der Waals surface area contributed by atoms with Crippen molar-refractivity contribution < 1.29 is 4.92 Å². The van der Waals surface area contributed by atoms with Crippen molar-refractivity contribution in [1.29, 1.82) is 0 Å². The van der Waals surface area contributed by atoms with Gasteiger partial charge in [-0.05, 0) is 49.2 Å². The molecule has 104 valence electrons. The van der Waals surface area contributed by atoms with Gasteiger partial charge in [-0.1, -0.05) is 22.0 Å². The van der Waals surface area contributed by atoms with E-state index in [4.69, 9.17) is 0 Å². The Kier molecular flexibility index (Phi) is 4.39. The van der Waals surface area contributed by atoms with Crippen molar-refractivity contribution in [3.63, 3.8) is 0 Å². The van der Waals surface area contributed by atoms with Gasteiger partial charge in [-0.3, -0.25) is 10.1 Å². The third-order valence-electron chi connectivity index (χ3n) is 3.23. The SMILES string of the molecule is Cc1ccc(NCc2cc(Br)ccc2[N+](=O)[O-])cc1C. The second-order valence-electron chi connectivity index (χ2n) is 4.68. The maximum Gasteiger partial charge on any atom is 0.274 e. The third kappa shape index (κ3) is 3.36. The predicted molar refractivity (Wildman–Crippen MR) is 84.0 cm³/mol. The van der Waals surface area contributed by atoms with Crippen LogP contribution in [0.2, 0.25) is 0 Å². The molecule has 0 aliphatic rings. The lowest BCUT2D eigenvalue weighted by atomic mass is 10.1. The van der Waals surface area contributed by atoms with Crippen LogP contribution in [0, 0.1) is 24.0 Å². The molecule has 20 heavy (non-hydrogen) atoms. The third-order valence-corrected chi connectivity index (χ3v) is 3.72. The molecule has 0 saturated carbocycles. The summed E-state index contributed by atoms with van der Waals surface area (Å²) in [6.07, 6.45) is 0. The van der Waals surface area contributed by atoms with Crippen molar-refractivity contribution in [1.82, 2.24) is 0 Å². The Morgan fingerprint density at radius 2 is 1.90 bits per heavy atom. The Labute approximate surface area is 126 Å². The molecule has 0 radical (unpaired) electrons. The second kappa shape index (κ2) is 6.05. The minimum Gasteiger partial charge on any atom is -0.381 e. The van der Waals surface area contributed by atoms with Gasteiger partial charge < -0.3 is 5.32 Å². The molecular formula is C15H15BrN2O2. The van der Waals surface area contributed by atoms with Crippen LogP contribution < -0.4 is 5.32 Å². The van der Waals surface area contributed by atoms with E-state index in [0.29, 0.717) is 12.1 Å². The number of anilines is 1. The van der Waals surface area contributed by atoms with E-state index in [1.807, 2.05) is 25.1 Å². The van der Waals surface area contributed by atoms with Gasteiger partial charge >= 0.3 is 0 Å². The molecule has 2 aromatic carbocycles. The quantitative estimate of drug-likeness (QED) is 0.657. The first-order chi connectivity index (χ1) is 9.47. The van der Waals surface area contributed by atoms with Gasteiger partial charge in [-0.15, -0.1) is 0 Å². The maximum absolute atomic E-state index is 11.0. The Balaban J connectivity index is 2.20. The zero-order chi connectivity index (χ0) is 14.7. The maximum atomic E-state index is 11.0. The molecule has 2 aromatic rings. The summed E-state index contributed by atoms with van der Waals surface area (Å²) >= 11 is 3.34. The predicted octanol–water partition coefficient (Wildman–Crippen LogP) is 4.59. The molecular weight excluding hydrogens is 320 g/mol. The number of nitrogens with one attached hydrogen (secondary N) is 1. The van der Waals surface area contributed by atoms with Crippen molar-refractivity contribution in [2.75, 3.05) is 5.32 Å². The summed E-state index contributed by atoms with van der Waals surface area (Å²) in [7, 11) is 0. The van der Waals surface area contributed by atoms with E-state index < -0.39 is 0 Å². The van der Waals surface area contributed by atoms with Gasteiger partial charge in [0.25, 0.3) is 5.69 Å². The number of halogens is 1. The lowest BCUT2D eigenvalue weighted by Crippen LogP contribution is -2.03. The Bertz CT molecular complexity index is 656. The molecule has 0 fully saturated rings. The molecule has 0 aromatic heterocycles. The summed E-state index contributed by atoms with van der Waals surface area (Å²) in [6, 6.07) is 11.0. The molecule has 0 unspecified atom stereocenters. The lowest BCUT2D eigenvalue weighted by molar-refractivity contribution is -0.385. The van der Waals surface area contributed by atoms with E-state index in [1.54, 1.807) is 12.1 Å². The second-order valence-corrected chi connectivity index (χ2v) is 5.60. The molecule has 0 atom stereocenters. The minimum absolute atomic E-state index is 0.129. The normalized spacial score (nSPS) is 10.3. The highest BCUT2D eigenvalue weighted by Crippen LogP contribution is 2.24. The van der Waals surface area contributed by atoms with Gasteiger partial charge in [-0.25, -0.2) is 0 Å². The zero-order valence-corrected chi connectivity index (χ0v) is 12.9. The van der Waals surface area contributed by atoms with Gasteiger partial charge in [-0.2, -0.15) is 0 Å². The van der Waals surface area contributed by atoms with E-state index in [-0.39, 0.29) is 10.6 Å². The van der Waals surface area contributed by atoms with Crippen LogP contribution in [-0.2, 0) is 6.54 Å². The van der Waals surface area contributed by atoms with Crippen LogP contribution in [0.15, 0.2) is 40.9 Å². The van der Waals surface area contributed by atoms with E-state index >= 15 is 0 Å². The zero-order valence-electron chi connectivity index (χ0n) is 11.3. The highest BCUT2D eigenvalue weighted by molar-refractivity contribution is 9.10. The Hall–Kier alpha value is -1.88. The van der Waals surface area contributed by atoms with Crippen LogP contribution in [-0.4, -0.2) is 4.92 Å². The lowest BCUT2D eigenvalue weighted by Gasteiger charge is -2.09. The molecule has 5 heteroatoms. The number of aryl methyl sites for hydroxylation is 2. The van der Waals surface area contributed by atoms with E-state index in [0.717, 1.165) is 10.2 Å². The van der Waals surface area contributed by atoms with Gasteiger partial charge in [0, 0.05) is 28.3 Å². The van der Waals surface area contributed by atoms with Crippen molar-refractivity contribution in [3.8, 4) is 0 Å². The van der Waals surface area contributed by atoms with Crippen LogP contribution in [0.3, 0.4) is 0 Å². The molecule has 1 N–H and O–H groups in total. The van der Waals surface area contributed by atoms with Gasteiger partial charge in [0.15, 0.2) is 0 Å². The topological polar surface area (TPSA) is 55.2 Å². The molecule has 2 rings (SSSR count). The largest absolute Gasteiger partial charge is 0.381 e. The Morgan fingerprint density at radius 3 is 2.55 bits per heavy atom. The van der Waals surface area contributed by atoms with Crippen LogP contribution in [0.4, 0.5) is 11.4 Å². The molecule has 0 bridgehead atoms. The fraction of sp³-hybridized carbons (Fsp3) is 0.200. The first-order valence-corrected chi connectivity index (χ1v) is 7.00. The average Bonchev–Trinajstić information content (AvgIpc) is 2.40. The summed E-state index contributed by atoms with van der Waals surface area (Å²) in [6.45, 7) is 4.51.